The second-order valence-electron chi connectivity index (χ2n) is 18.9. The summed E-state index contributed by atoms with van der Waals surface area (Å²) in [6.07, 6.45) is 4.68. The number of ether oxygens (including phenoxy) is 2. The monoisotopic (exact) mass is 932 g/mol. The lowest BCUT2D eigenvalue weighted by Crippen LogP contribution is -2.41. The lowest BCUT2D eigenvalue weighted by molar-refractivity contribution is -0.164. The number of unbranched alkanes of at least 4 members (excludes halogenated alkanes) is 1. The number of esters is 1. The summed E-state index contributed by atoms with van der Waals surface area (Å²) in [5.41, 5.74) is 2.14. The molecule has 4 atom stereocenters. The fourth-order valence-corrected chi connectivity index (χ4v) is 10.3. The average Bonchev–Trinajstić information content (AvgIpc) is 3.99. The molecule has 0 spiro atoms. The van der Waals surface area contributed by atoms with Crippen LogP contribution in [0.25, 0.3) is 10.9 Å². The molecule has 0 aliphatic carbocycles. The first-order valence-corrected chi connectivity index (χ1v) is 24.2. The van der Waals surface area contributed by atoms with Gasteiger partial charge in [-0.05, 0) is 116 Å². The van der Waals surface area contributed by atoms with Crippen molar-refractivity contribution in [2.75, 3.05) is 45.9 Å². The number of aromatic nitrogens is 1. The number of carbonyl (C=O) groups is 3. The quantitative estimate of drug-likeness (QED) is 0.0545. The Morgan fingerprint density at radius 1 is 0.768 bits per heavy atom. The van der Waals surface area contributed by atoms with Gasteiger partial charge in [-0.25, -0.2) is 4.79 Å². The van der Waals surface area contributed by atoms with E-state index in [0.29, 0.717) is 59.4 Å². The Bertz CT molecular complexity index is 2790. The normalized spacial score (nSPS) is 18.7. The fourth-order valence-electron chi connectivity index (χ4n) is 10.3. The number of benzene rings is 5. The SMILES string of the molecule is O=C(COc1cccc([C@](O)(C(=O)OCC2CCN(Cc3ccccc3)CC2)c2ccccc2)c1)N1C[C@@H]2CCN(C(=O)c3ccc(CCCC[C@H](O)c4ccc(O)c5[nH]c(=O)ccc45)cc3)[C@@H]2C1. The van der Waals surface area contributed by atoms with Gasteiger partial charge in [0.1, 0.15) is 11.5 Å². The number of likely N-dealkylation sites (tertiary alicyclic amines) is 3. The number of nitrogens with one attached hydrogen (secondary N) is 1. The summed E-state index contributed by atoms with van der Waals surface area (Å²) >= 11 is 0. The smallest absolute Gasteiger partial charge is 0.347 e. The maximum atomic E-state index is 14.0. The van der Waals surface area contributed by atoms with Crippen molar-refractivity contribution < 1.29 is 39.2 Å². The van der Waals surface area contributed by atoms with Crippen molar-refractivity contribution >= 4 is 28.7 Å². The first-order valence-electron chi connectivity index (χ1n) is 24.2. The van der Waals surface area contributed by atoms with Crippen molar-refractivity contribution in [2.24, 2.45) is 11.8 Å². The van der Waals surface area contributed by atoms with Crippen LogP contribution in [0.5, 0.6) is 11.5 Å². The Hall–Kier alpha value is -6.80. The van der Waals surface area contributed by atoms with Gasteiger partial charge < -0.3 is 39.6 Å². The van der Waals surface area contributed by atoms with E-state index in [9.17, 15) is 34.5 Å². The zero-order valence-electron chi connectivity index (χ0n) is 38.8. The second kappa shape index (κ2) is 21.2. The molecule has 0 saturated carbocycles. The molecule has 4 N–H and O–H groups in total. The number of carbonyl (C=O) groups excluding carboxylic acids is 3. The predicted octanol–water partition coefficient (Wildman–Crippen LogP) is 7.12. The van der Waals surface area contributed by atoms with E-state index in [-0.39, 0.29) is 59.8 Å². The Balaban J connectivity index is 0.749. The van der Waals surface area contributed by atoms with E-state index in [1.54, 1.807) is 65.6 Å². The molecule has 358 valence electrons. The van der Waals surface area contributed by atoms with Crippen LogP contribution in [0.15, 0.2) is 138 Å². The molecule has 3 aliphatic rings. The third-order valence-electron chi connectivity index (χ3n) is 14.3. The summed E-state index contributed by atoms with van der Waals surface area (Å²) in [6, 6.07) is 39.5. The zero-order chi connectivity index (χ0) is 47.9. The third kappa shape index (κ3) is 10.8. The number of hydrogen-bond donors (Lipinski definition) is 4. The highest BCUT2D eigenvalue weighted by molar-refractivity contribution is 5.95. The molecule has 3 fully saturated rings. The molecule has 6 aromatic rings. The van der Waals surface area contributed by atoms with Gasteiger partial charge in [-0.1, -0.05) is 97.4 Å². The van der Waals surface area contributed by atoms with Crippen LogP contribution in [0.3, 0.4) is 0 Å². The number of nitrogens with zero attached hydrogens (tertiary/aromatic N) is 3. The van der Waals surface area contributed by atoms with Crippen molar-refractivity contribution in [2.45, 2.75) is 69.2 Å². The van der Waals surface area contributed by atoms with Gasteiger partial charge in [0.2, 0.25) is 11.2 Å². The van der Waals surface area contributed by atoms with Gasteiger partial charge >= 0.3 is 5.97 Å². The molecule has 4 heterocycles. The van der Waals surface area contributed by atoms with Crippen molar-refractivity contribution in [3.63, 3.8) is 0 Å². The van der Waals surface area contributed by atoms with Crippen molar-refractivity contribution in [3.8, 4) is 11.5 Å². The molecule has 9 rings (SSSR count). The lowest BCUT2D eigenvalue weighted by atomic mass is 9.86. The number of fused-ring (bicyclic) bond motifs is 2. The first kappa shape index (κ1) is 47.3. The molecule has 3 aliphatic heterocycles. The van der Waals surface area contributed by atoms with E-state index in [1.807, 2.05) is 41.3 Å². The number of piperidine rings is 1. The molecule has 0 bridgehead atoms. The first-order chi connectivity index (χ1) is 33.5. The molecule has 1 aromatic heterocycles. The number of pyridine rings is 1. The number of H-pyrrole nitrogens is 1. The number of aromatic hydroxyl groups is 1. The van der Waals surface area contributed by atoms with Crippen LogP contribution < -0.4 is 10.3 Å². The van der Waals surface area contributed by atoms with E-state index in [2.05, 4.69) is 34.1 Å². The van der Waals surface area contributed by atoms with Crippen LogP contribution in [0, 0.1) is 11.8 Å². The van der Waals surface area contributed by atoms with Crippen LogP contribution in [-0.4, -0.2) is 105 Å². The molecule has 13 heteroatoms. The number of aromatic amines is 1. The van der Waals surface area contributed by atoms with E-state index in [0.717, 1.165) is 63.7 Å². The maximum absolute atomic E-state index is 14.0. The Labute approximate surface area is 401 Å². The summed E-state index contributed by atoms with van der Waals surface area (Å²) in [5, 5.41) is 34.0. The molecular weight excluding hydrogens is 873 g/mol. The summed E-state index contributed by atoms with van der Waals surface area (Å²) < 4.78 is 11.9. The van der Waals surface area contributed by atoms with Crippen LogP contribution in [-0.2, 0) is 32.9 Å². The standard InChI is InChI=1S/C56H60N4O9/c61-49(46-22-24-50(62)53-47(46)23-25-51(63)57-53)17-8-7-10-38-18-20-41(21-19-38)54(65)60-31-28-42-34-59(35-48(42)60)52(64)37-68-45-16-9-15-44(32-45)56(67,43-13-5-2-6-14-43)55(66)69-36-40-26-29-58(30-27-40)33-39-11-3-1-4-12-39/h1-6,9,11-16,18-25,32,40,42,48-49,61-62,67H,7-8,10,17,26-31,33-37H2,(H,57,63)/t42-,48+,49-,56-/m0/s1. The highest BCUT2D eigenvalue weighted by Crippen LogP contribution is 2.36. The van der Waals surface area contributed by atoms with Crippen molar-refractivity contribution in [3.05, 3.63) is 177 Å². The maximum Gasteiger partial charge on any atom is 0.347 e. The van der Waals surface area contributed by atoms with Crippen LogP contribution in [0.2, 0.25) is 0 Å². The van der Waals surface area contributed by atoms with E-state index in [4.69, 9.17) is 9.47 Å². The number of amides is 2. The molecule has 0 unspecified atom stereocenters. The minimum Gasteiger partial charge on any atom is -0.506 e. The largest absolute Gasteiger partial charge is 0.506 e. The van der Waals surface area contributed by atoms with Gasteiger partial charge in [-0.2, -0.15) is 0 Å². The number of phenolic OH excluding ortho intramolecular Hbond substituents is 1. The van der Waals surface area contributed by atoms with E-state index < -0.39 is 17.7 Å². The molecule has 69 heavy (non-hydrogen) atoms. The van der Waals surface area contributed by atoms with Gasteiger partial charge in [0.25, 0.3) is 11.8 Å². The second-order valence-corrected chi connectivity index (χ2v) is 18.9. The Morgan fingerprint density at radius 3 is 2.28 bits per heavy atom. The zero-order valence-corrected chi connectivity index (χ0v) is 38.8. The molecule has 13 nitrogen and oxygen atoms in total. The number of phenols is 1. The molecule has 3 saturated heterocycles. The molecule has 0 radical (unpaired) electrons. The number of hydrogen-bond acceptors (Lipinski definition) is 10. The highest BCUT2D eigenvalue weighted by atomic mass is 16.6. The predicted molar refractivity (Wildman–Crippen MR) is 261 cm³/mol. The molecular formula is C56H60N4O9. The highest BCUT2D eigenvalue weighted by Gasteiger charge is 2.45. The average molecular weight is 933 g/mol. The number of aliphatic hydroxyl groups is 2. The third-order valence-corrected chi connectivity index (χ3v) is 14.3. The lowest BCUT2D eigenvalue weighted by Gasteiger charge is -2.33. The number of aliphatic hydroxyl groups excluding tert-OH is 1. The van der Waals surface area contributed by atoms with Crippen LogP contribution in [0.1, 0.15) is 82.8 Å². The van der Waals surface area contributed by atoms with Crippen LogP contribution >= 0.6 is 0 Å². The number of aryl methyl sites for hydroxylation is 1. The molecule has 2 amide bonds. The minimum atomic E-state index is -2.11. The summed E-state index contributed by atoms with van der Waals surface area (Å²) in [5.74, 6) is -0.409. The van der Waals surface area contributed by atoms with Gasteiger partial charge in [-0.3, -0.25) is 19.3 Å². The van der Waals surface area contributed by atoms with E-state index >= 15 is 0 Å². The summed E-state index contributed by atoms with van der Waals surface area (Å²) in [4.78, 5) is 61.9. The van der Waals surface area contributed by atoms with Crippen molar-refractivity contribution in [1.29, 1.82) is 0 Å². The summed E-state index contributed by atoms with van der Waals surface area (Å²) in [6.45, 7) is 4.20. The fraction of sp³-hybridized carbons (Fsp3) is 0.357. The van der Waals surface area contributed by atoms with Crippen LogP contribution in [0.4, 0.5) is 0 Å². The van der Waals surface area contributed by atoms with Gasteiger partial charge in [-0.15, -0.1) is 0 Å². The van der Waals surface area contributed by atoms with Gasteiger partial charge in [0.05, 0.1) is 24.3 Å². The van der Waals surface area contributed by atoms with Crippen molar-refractivity contribution in [1.82, 2.24) is 19.7 Å². The number of rotatable bonds is 17. The molecule has 5 aromatic carbocycles. The van der Waals surface area contributed by atoms with E-state index in [1.165, 1.54) is 17.7 Å². The summed E-state index contributed by atoms with van der Waals surface area (Å²) in [7, 11) is 0. The van der Waals surface area contributed by atoms with Gasteiger partial charge in [0, 0.05) is 54.7 Å². The Morgan fingerprint density at radius 2 is 1.51 bits per heavy atom. The van der Waals surface area contributed by atoms with Gasteiger partial charge in [0.15, 0.2) is 6.61 Å². The Kier molecular flexibility index (Phi) is 14.5. The minimum absolute atomic E-state index is 0.0404. The topological polar surface area (TPSA) is 173 Å².